The average molecular weight is 279 g/mol. The number of nitrogens with two attached hydrogens (primary N) is 1. The lowest BCUT2D eigenvalue weighted by molar-refractivity contribution is 0.0689. The Kier molecular flexibility index (Phi) is 5.51. The zero-order chi connectivity index (χ0) is 15.3. The van der Waals surface area contributed by atoms with E-state index in [9.17, 15) is 9.59 Å². The Hall–Kier alpha value is -1.62. The number of hydrogen-bond donors (Lipinski definition) is 1. The van der Waals surface area contributed by atoms with E-state index in [0.29, 0.717) is 25.2 Å². The maximum absolute atomic E-state index is 12.5. The highest BCUT2D eigenvalue weighted by Gasteiger charge is 2.24. The van der Waals surface area contributed by atoms with E-state index in [1.165, 1.54) is 10.6 Å². The minimum atomic E-state index is -0.176. The van der Waals surface area contributed by atoms with Crippen LogP contribution in [0.2, 0.25) is 0 Å². The molecular weight excluding hydrogens is 254 g/mol. The summed E-state index contributed by atoms with van der Waals surface area (Å²) in [5.41, 5.74) is 5.87. The number of aryl methyl sites for hydroxylation is 1. The van der Waals surface area contributed by atoms with E-state index in [4.69, 9.17) is 5.73 Å². The van der Waals surface area contributed by atoms with Crippen molar-refractivity contribution in [1.82, 2.24) is 9.47 Å². The van der Waals surface area contributed by atoms with Gasteiger partial charge in [0.05, 0.1) is 0 Å². The molecule has 1 rings (SSSR count). The molecular formula is C15H25N3O2. The zero-order valence-corrected chi connectivity index (χ0v) is 12.8. The van der Waals surface area contributed by atoms with Crippen molar-refractivity contribution >= 4 is 5.91 Å². The number of nitrogens with zero attached hydrogens (tertiary/aromatic N) is 2. The SMILES string of the molecule is CCCN(CC(C)(C)CN)C(=O)c1ccn(C)c(=O)c1. The summed E-state index contributed by atoms with van der Waals surface area (Å²) in [6.45, 7) is 7.86. The highest BCUT2D eigenvalue weighted by Crippen LogP contribution is 2.17. The van der Waals surface area contributed by atoms with Crippen molar-refractivity contribution in [3.63, 3.8) is 0 Å². The second-order valence-corrected chi connectivity index (χ2v) is 5.96. The first-order chi connectivity index (χ1) is 9.30. The van der Waals surface area contributed by atoms with Crippen LogP contribution in [0.4, 0.5) is 0 Å². The molecule has 0 aromatic carbocycles. The highest BCUT2D eigenvalue weighted by molar-refractivity contribution is 5.94. The summed E-state index contributed by atoms with van der Waals surface area (Å²) >= 11 is 0. The second-order valence-electron chi connectivity index (χ2n) is 5.96. The normalized spacial score (nSPS) is 11.4. The Morgan fingerprint density at radius 3 is 2.60 bits per heavy atom. The van der Waals surface area contributed by atoms with Gasteiger partial charge in [-0.15, -0.1) is 0 Å². The Balaban J connectivity index is 2.99. The summed E-state index contributed by atoms with van der Waals surface area (Å²) in [5, 5.41) is 0. The molecule has 1 aromatic heterocycles. The predicted molar refractivity (Wildman–Crippen MR) is 80.7 cm³/mol. The first-order valence-corrected chi connectivity index (χ1v) is 6.97. The number of carbonyl (C=O) groups is 1. The van der Waals surface area contributed by atoms with E-state index in [1.54, 1.807) is 24.2 Å². The first-order valence-electron chi connectivity index (χ1n) is 6.97. The Bertz CT molecular complexity index is 520. The molecule has 0 radical (unpaired) electrons. The predicted octanol–water partition coefficient (Wildman–Crippen LogP) is 1.22. The van der Waals surface area contributed by atoms with Gasteiger partial charge in [0.2, 0.25) is 0 Å². The standard InChI is InChI=1S/C15H25N3O2/c1-5-7-18(11-15(2,3)10-16)14(20)12-6-8-17(4)13(19)9-12/h6,8-9H,5,7,10-11,16H2,1-4H3. The van der Waals surface area contributed by atoms with Crippen LogP contribution >= 0.6 is 0 Å². The average Bonchev–Trinajstić information content (AvgIpc) is 2.40. The number of aromatic nitrogens is 1. The number of pyridine rings is 1. The van der Waals surface area contributed by atoms with Crippen LogP contribution in [0, 0.1) is 5.41 Å². The van der Waals surface area contributed by atoms with Crippen molar-refractivity contribution in [3.05, 3.63) is 34.2 Å². The molecule has 5 heteroatoms. The van der Waals surface area contributed by atoms with Crippen molar-refractivity contribution in [3.8, 4) is 0 Å². The van der Waals surface area contributed by atoms with E-state index in [2.05, 4.69) is 0 Å². The molecule has 0 bridgehead atoms. The van der Waals surface area contributed by atoms with E-state index in [0.717, 1.165) is 6.42 Å². The lowest BCUT2D eigenvalue weighted by Crippen LogP contribution is -2.42. The minimum Gasteiger partial charge on any atom is -0.338 e. The zero-order valence-electron chi connectivity index (χ0n) is 12.8. The molecule has 112 valence electrons. The van der Waals surface area contributed by atoms with Gasteiger partial charge in [-0.05, 0) is 24.4 Å². The second kappa shape index (κ2) is 6.70. The van der Waals surface area contributed by atoms with Crippen molar-refractivity contribution < 1.29 is 4.79 Å². The van der Waals surface area contributed by atoms with Crippen molar-refractivity contribution in [2.24, 2.45) is 18.2 Å². The first kappa shape index (κ1) is 16.4. The van der Waals surface area contributed by atoms with Gasteiger partial charge in [0.25, 0.3) is 11.5 Å². The third kappa shape index (κ3) is 4.20. The lowest BCUT2D eigenvalue weighted by atomic mass is 9.92. The molecule has 5 nitrogen and oxygen atoms in total. The van der Waals surface area contributed by atoms with Crippen molar-refractivity contribution in [2.75, 3.05) is 19.6 Å². The Labute approximate surface area is 120 Å². The van der Waals surface area contributed by atoms with E-state index in [1.807, 2.05) is 20.8 Å². The molecule has 0 fully saturated rings. The van der Waals surface area contributed by atoms with Gasteiger partial charge in [0.15, 0.2) is 0 Å². The third-order valence-electron chi connectivity index (χ3n) is 3.30. The number of rotatable bonds is 6. The molecule has 1 amide bonds. The van der Waals surface area contributed by atoms with Gasteiger partial charge in [-0.2, -0.15) is 0 Å². The molecule has 20 heavy (non-hydrogen) atoms. The number of hydrogen-bond acceptors (Lipinski definition) is 3. The molecule has 0 saturated heterocycles. The van der Waals surface area contributed by atoms with Crippen LogP contribution in [0.25, 0.3) is 0 Å². The molecule has 2 N–H and O–H groups in total. The van der Waals surface area contributed by atoms with Crippen LogP contribution in [0.15, 0.2) is 23.1 Å². The van der Waals surface area contributed by atoms with Crippen LogP contribution in [0.3, 0.4) is 0 Å². The van der Waals surface area contributed by atoms with E-state index >= 15 is 0 Å². The maximum atomic E-state index is 12.5. The highest BCUT2D eigenvalue weighted by atomic mass is 16.2. The summed E-state index contributed by atoms with van der Waals surface area (Å²) in [7, 11) is 1.66. The fourth-order valence-electron chi connectivity index (χ4n) is 1.97. The number of amides is 1. The lowest BCUT2D eigenvalue weighted by Gasteiger charge is -2.31. The smallest absolute Gasteiger partial charge is 0.254 e. The summed E-state index contributed by atoms with van der Waals surface area (Å²) < 4.78 is 1.45. The van der Waals surface area contributed by atoms with Crippen LogP contribution in [0.5, 0.6) is 0 Å². The van der Waals surface area contributed by atoms with Crippen LogP contribution in [-0.2, 0) is 7.05 Å². The van der Waals surface area contributed by atoms with Gasteiger partial charge in [-0.25, -0.2) is 0 Å². The molecule has 1 aromatic rings. The summed E-state index contributed by atoms with van der Waals surface area (Å²) in [5.74, 6) is -0.105. The Morgan fingerprint density at radius 1 is 1.45 bits per heavy atom. The van der Waals surface area contributed by atoms with Gasteiger partial charge in [-0.3, -0.25) is 9.59 Å². The topological polar surface area (TPSA) is 68.3 Å². The van der Waals surface area contributed by atoms with Gasteiger partial charge < -0.3 is 15.2 Å². The van der Waals surface area contributed by atoms with Gasteiger partial charge in [0.1, 0.15) is 0 Å². The summed E-state index contributed by atoms with van der Waals surface area (Å²) in [4.78, 5) is 25.9. The molecule has 0 aliphatic carbocycles. The van der Waals surface area contributed by atoms with E-state index in [-0.39, 0.29) is 16.9 Å². The third-order valence-corrected chi connectivity index (χ3v) is 3.30. The minimum absolute atomic E-state index is 0.105. The molecule has 0 unspecified atom stereocenters. The maximum Gasteiger partial charge on any atom is 0.254 e. The fourth-order valence-corrected chi connectivity index (χ4v) is 1.97. The quantitative estimate of drug-likeness (QED) is 0.851. The molecule has 0 saturated carbocycles. The molecule has 0 spiro atoms. The Morgan fingerprint density at radius 2 is 2.10 bits per heavy atom. The molecule has 1 heterocycles. The number of carbonyl (C=O) groups excluding carboxylic acids is 1. The van der Waals surface area contributed by atoms with Gasteiger partial charge in [-0.1, -0.05) is 20.8 Å². The van der Waals surface area contributed by atoms with Crippen LogP contribution in [-0.4, -0.2) is 35.0 Å². The largest absolute Gasteiger partial charge is 0.338 e. The van der Waals surface area contributed by atoms with Crippen LogP contribution < -0.4 is 11.3 Å². The molecule has 0 aliphatic rings. The van der Waals surface area contributed by atoms with E-state index < -0.39 is 0 Å². The van der Waals surface area contributed by atoms with Gasteiger partial charge in [0, 0.05) is 38.0 Å². The van der Waals surface area contributed by atoms with Gasteiger partial charge >= 0.3 is 0 Å². The fraction of sp³-hybridized carbons (Fsp3) is 0.600. The van der Waals surface area contributed by atoms with Crippen molar-refractivity contribution in [1.29, 1.82) is 0 Å². The van der Waals surface area contributed by atoms with Crippen LogP contribution in [0.1, 0.15) is 37.6 Å². The molecule has 0 atom stereocenters. The monoisotopic (exact) mass is 279 g/mol. The van der Waals surface area contributed by atoms with Crippen molar-refractivity contribution in [2.45, 2.75) is 27.2 Å². The summed E-state index contributed by atoms with van der Waals surface area (Å²) in [6.07, 6.45) is 2.49. The summed E-state index contributed by atoms with van der Waals surface area (Å²) in [6, 6.07) is 3.07. The molecule has 0 aliphatic heterocycles.